The second kappa shape index (κ2) is 4.29. The number of hydrogen-bond acceptors (Lipinski definition) is 1. The lowest BCUT2D eigenvalue weighted by Gasteiger charge is -2.28. The third-order valence-electron chi connectivity index (χ3n) is 2.98. The quantitative estimate of drug-likeness (QED) is 0.793. The van der Waals surface area contributed by atoms with E-state index in [1.54, 1.807) is 13.8 Å². The Bertz CT molecular complexity index is 407. The Morgan fingerprint density at radius 1 is 1.18 bits per heavy atom. The van der Waals surface area contributed by atoms with Crippen LogP contribution < -0.4 is 0 Å². The van der Waals surface area contributed by atoms with Crippen LogP contribution in [-0.2, 0) is 11.8 Å². The molecule has 1 nitrogen and oxygen atoms in total. The van der Waals surface area contributed by atoms with Crippen molar-refractivity contribution in [1.82, 2.24) is 0 Å². The summed E-state index contributed by atoms with van der Waals surface area (Å²) < 4.78 is 50.3. The van der Waals surface area contributed by atoms with Gasteiger partial charge in [0, 0.05) is 0 Å². The molecule has 0 amide bonds. The molecule has 0 radical (unpaired) electrons. The highest BCUT2D eigenvalue weighted by atomic mass is 19.4. The average Bonchev–Trinajstić information content (AvgIpc) is 2.15. The fraction of sp³-hybridized carbons (Fsp3) is 0.500. The minimum atomic E-state index is -4.72. The molecule has 0 bridgehead atoms. The Morgan fingerprint density at radius 2 is 1.71 bits per heavy atom. The van der Waals surface area contributed by atoms with Crippen molar-refractivity contribution in [1.29, 1.82) is 0 Å². The fourth-order valence-electron chi connectivity index (χ4n) is 1.39. The second-order valence-electron chi connectivity index (χ2n) is 4.49. The maximum atomic E-state index is 13.3. The van der Waals surface area contributed by atoms with E-state index in [2.05, 4.69) is 0 Å². The van der Waals surface area contributed by atoms with E-state index in [0.29, 0.717) is 6.07 Å². The Balaban J connectivity index is 3.23. The van der Waals surface area contributed by atoms with E-state index in [4.69, 9.17) is 0 Å². The number of rotatable bonds is 2. The number of halogens is 4. The molecule has 0 fully saturated rings. The zero-order valence-corrected chi connectivity index (χ0v) is 9.77. The molecule has 0 spiro atoms. The minimum absolute atomic E-state index is 0.137. The molecule has 1 atom stereocenters. The molecule has 96 valence electrons. The molecular formula is C12H14F4O. The Hall–Kier alpha value is -1.10. The predicted molar refractivity (Wildman–Crippen MR) is 55.8 cm³/mol. The molecule has 0 heterocycles. The second-order valence-corrected chi connectivity index (χ2v) is 4.49. The molecule has 0 saturated carbocycles. The van der Waals surface area contributed by atoms with Gasteiger partial charge in [-0.3, -0.25) is 0 Å². The van der Waals surface area contributed by atoms with Gasteiger partial charge in [0.15, 0.2) is 0 Å². The number of benzene rings is 1. The molecule has 1 unspecified atom stereocenters. The third-order valence-corrected chi connectivity index (χ3v) is 2.98. The van der Waals surface area contributed by atoms with E-state index in [-0.39, 0.29) is 11.5 Å². The molecule has 1 aromatic carbocycles. The van der Waals surface area contributed by atoms with E-state index >= 15 is 0 Å². The molecule has 0 aromatic heterocycles. The fourth-order valence-corrected chi connectivity index (χ4v) is 1.39. The van der Waals surface area contributed by atoms with Crippen LogP contribution in [0.4, 0.5) is 17.6 Å². The van der Waals surface area contributed by atoms with Gasteiger partial charge in [-0.05, 0) is 30.5 Å². The first-order valence-electron chi connectivity index (χ1n) is 5.16. The van der Waals surface area contributed by atoms with Crippen molar-refractivity contribution in [2.24, 2.45) is 5.92 Å². The molecule has 0 aliphatic rings. The first kappa shape index (κ1) is 14.0. The van der Waals surface area contributed by atoms with Gasteiger partial charge in [-0.1, -0.05) is 19.9 Å². The van der Waals surface area contributed by atoms with Crippen LogP contribution in [-0.4, -0.2) is 5.11 Å². The molecule has 0 saturated heterocycles. The van der Waals surface area contributed by atoms with E-state index < -0.39 is 23.2 Å². The monoisotopic (exact) mass is 250 g/mol. The lowest BCUT2D eigenvalue weighted by atomic mass is 9.85. The third kappa shape index (κ3) is 2.77. The van der Waals surface area contributed by atoms with E-state index in [1.165, 1.54) is 6.92 Å². The number of aliphatic hydroxyl groups is 1. The van der Waals surface area contributed by atoms with E-state index in [1.807, 2.05) is 0 Å². The molecule has 1 aromatic rings. The maximum absolute atomic E-state index is 13.3. The van der Waals surface area contributed by atoms with Crippen molar-refractivity contribution < 1.29 is 22.7 Å². The standard InChI is InChI=1S/C12H14F4O/c1-7(2)11(3,17)8-4-5-9(10(13)6-8)12(14,15)16/h4-7,17H,1-3H3. The summed E-state index contributed by atoms with van der Waals surface area (Å²) in [6, 6.07) is 2.50. The number of alkyl halides is 3. The van der Waals surface area contributed by atoms with Crippen molar-refractivity contribution >= 4 is 0 Å². The molecule has 1 N–H and O–H groups in total. The van der Waals surface area contributed by atoms with Gasteiger partial charge in [0.2, 0.25) is 0 Å². The van der Waals surface area contributed by atoms with Gasteiger partial charge in [-0.2, -0.15) is 13.2 Å². The van der Waals surface area contributed by atoms with Crippen molar-refractivity contribution in [2.75, 3.05) is 0 Å². The molecule has 5 heteroatoms. The predicted octanol–water partition coefficient (Wildman–Crippen LogP) is 3.71. The summed E-state index contributed by atoms with van der Waals surface area (Å²) in [5, 5.41) is 10.0. The Labute approximate surface area is 97.1 Å². The van der Waals surface area contributed by atoms with Crippen LogP contribution in [0.3, 0.4) is 0 Å². The SMILES string of the molecule is CC(C)C(C)(O)c1ccc(C(F)(F)F)c(F)c1. The van der Waals surface area contributed by atoms with Crippen LogP contribution >= 0.6 is 0 Å². The van der Waals surface area contributed by atoms with Crippen LogP contribution in [0.25, 0.3) is 0 Å². The van der Waals surface area contributed by atoms with Gasteiger partial charge in [0.05, 0.1) is 11.2 Å². The lowest BCUT2D eigenvalue weighted by Crippen LogP contribution is -2.28. The van der Waals surface area contributed by atoms with Gasteiger partial charge in [0.25, 0.3) is 0 Å². The average molecular weight is 250 g/mol. The maximum Gasteiger partial charge on any atom is 0.419 e. The van der Waals surface area contributed by atoms with Crippen molar-refractivity contribution in [3.63, 3.8) is 0 Å². The van der Waals surface area contributed by atoms with Gasteiger partial charge in [0.1, 0.15) is 5.82 Å². The van der Waals surface area contributed by atoms with Crippen LogP contribution in [0.2, 0.25) is 0 Å². The van der Waals surface area contributed by atoms with Gasteiger partial charge < -0.3 is 5.11 Å². The summed E-state index contributed by atoms with van der Waals surface area (Å²) in [7, 11) is 0. The first-order chi connectivity index (χ1) is 7.56. The highest BCUT2D eigenvalue weighted by molar-refractivity contribution is 5.30. The summed E-state index contributed by atoms with van der Waals surface area (Å²) in [5.74, 6) is -1.60. The number of hydrogen-bond donors (Lipinski definition) is 1. The molecule has 0 aliphatic carbocycles. The summed E-state index contributed by atoms with van der Waals surface area (Å²) in [6.45, 7) is 4.85. The largest absolute Gasteiger partial charge is 0.419 e. The summed E-state index contributed by atoms with van der Waals surface area (Å²) in [5.41, 5.74) is -2.54. The van der Waals surface area contributed by atoms with Crippen LogP contribution in [0.1, 0.15) is 31.9 Å². The molecule has 0 aliphatic heterocycles. The van der Waals surface area contributed by atoms with Crippen molar-refractivity contribution in [3.05, 3.63) is 35.1 Å². The minimum Gasteiger partial charge on any atom is -0.385 e. The molecule has 1 rings (SSSR count). The van der Waals surface area contributed by atoms with E-state index in [0.717, 1.165) is 12.1 Å². The van der Waals surface area contributed by atoms with Crippen LogP contribution in [0, 0.1) is 11.7 Å². The van der Waals surface area contributed by atoms with Crippen LogP contribution in [0.15, 0.2) is 18.2 Å². The van der Waals surface area contributed by atoms with Crippen molar-refractivity contribution in [3.8, 4) is 0 Å². The zero-order chi connectivity index (χ0) is 13.4. The molecular weight excluding hydrogens is 236 g/mol. The van der Waals surface area contributed by atoms with Gasteiger partial charge in [-0.25, -0.2) is 4.39 Å². The molecule has 17 heavy (non-hydrogen) atoms. The van der Waals surface area contributed by atoms with E-state index in [9.17, 15) is 22.7 Å². The van der Waals surface area contributed by atoms with Gasteiger partial charge in [-0.15, -0.1) is 0 Å². The Morgan fingerprint density at radius 3 is 2.06 bits per heavy atom. The highest BCUT2D eigenvalue weighted by Gasteiger charge is 2.35. The van der Waals surface area contributed by atoms with Gasteiger partial charge >= 0.3 is 6.18 Å². The van der Waals surface area contributed by atoms with Crippen molar-refractivity contribution in [2.45, 2.75) is 32.5 Å². The summed E-state index contributed by atoms with van der Waals surface area (Å²) in [4.78, 5) is 0. The topological polar surface area (TPSA) is 20.2 Å². The smallest absolute Gasteiger partial charge is 0.385 e. The summed E-state index contributed by atoms with van der Waals surface area (Å²) >= 11 is 0. The first-order valence-corrected chi connectivity index (χ1v) is 5.16. The highest BCUT2D eigenvalue weighted by Crippen LogP contribution is 2.35. The lowest BCUT2D eigenvalue weighted by molar-refractivity contribution is -0.140. The summed E-state index contributed by atoms with van der Waals surface area (Å²) in [6.07, 6.45) is -4.72. The Kier molecular flexibility index (Phi) is 3.52. The van der Waals surface area contributed by atoms with Crippen LogP contribution in [0.5, 0.6) is 0 Å². The normalized spacial score (nSPS) is 16.1. The zero-order valence-electron chi connectivity index (χ0n) is 9.77.